The molecular formula is C15H21NO3. The van der Waals surface area contributed by atoms with Crippen LogP contribution in [0.4, 0.5) is 0 Å². The Morgan fingerprint density at radius 1 is 1.16 bits per heavy atom. The highest BCUT2D eigenvalue weighted by atomic mass is 16.5. The van der Waals surface area contributed by atoms with Gasteiger partial charge in [-0.05, 0) is 38.1 Å². The monoisotopic (exact) mass is 263 g/mol. The first-order valence-electron chi connectivity index (χ1n) is 6.59. The third-order valence-electron chi connectivity index (χ3n) is 3.91. The van der Waals surface area contributed by atoms with Crippen molar-refractivity contribution in [1.29, 1.82) is 0 Å². The van der Waals surface area contributed by atoms with Crippen molar-refractivity contribution in [3.8, 4) is 11.5 Å². The van der Waals surface area contributed by atoms with Gasteiger partial charge in [0.2, 0.25) is 0 Å². The summed E-state index contributed by atoms with van der Waals surface area (Å²) in [4.78, 5) is 12.9. The topological polar surface area (TPSA) is 47.6 Å². The van der Waals surface area contributed by atoms with Crippen molar-refractivity contribution in [1.82, 2.24) is 5.32 Å². The standard InChI is InChI=1S/C15H21NO3/c1-15(7-9-16-10-8-15)14(17)13-11(18-2)5-4-6-12(13)19-3/h4-6,16H,7-10H2,1-3H3. The van der Waals surface area contributed by atoms with Crippen LogP contribution < -0.4 is 14.8 Å². The van der Waals surface area contributed by atoms with Gasteiger partial charge in [0, 0.05) is 5.41 Å². The lowest BCUT2D eigenvalue weighted by atomic mass is 9.74. The first-order chi connectivity index (χ1) is 9.12. The second kappa shape index (κ2) is 5.61. The van der Waals surface area contributed by atoms with Gasteiger partial charge in [0.25, 0.3) is 0 Å². The molecule has 4 heteroatoms. The van der Waals surface area contributed by atoms with Crippen LogP contribution in [0.5, 0.6) is 11.5 Å². The van der Waals surface area contributed by atoms with Gasteiger partial charge in [-0.25, -0.2) is 0 Å². The summed E-state index contributed by atoms with van der Waals surface area (Å²) in [6.45, 7) is 3.78. The zero-order valence-corrected chi connectivity index (χ0v) is 11.8. The first-order valence-corrected chi connectivity index (χ1v) is 6.59. The Hall–Kier alpha value is -1.55. The van der Waals surface area contributed by atoms with Crippen LogP contribution in [-0.4, -0.2) is 33.1 Å². The Balaban J connectivity index is 2.42. The molecule has 0 spiro atoms. The minimum atomic E-state index is -0.340. The van der Waals surface area contributed by atoms with Gasteiger partial charge in [0.15, 0.2) is 5.78 Å². The minimum absolute atomic E-state index is 0.114. The fraction of sp³-hybridized carbons (Fsp3) is 0.533. The van der Waals surface area contributed by atoms with Crippen molar-refractivity contribution in [3.63, 3.8) is 0 Å². The molecular weight excluding hydrogens is 242 g/mol. The van der Waals surface area contributed by atoms with Crippen molar-refractivity contribution in [2.45, 2.75) is 19.8 Å². The van der Waals surface area contributed by atoms with Crippen LogP contribution in [0, 0.1) is 5.41 Å². The maximum absolute atomic E-state index is 12.9. The van der Waals surface area contributed by atoms with E-state index in [2.05, 4.69) is 5.32 Å². The number of methoxy groups -OCH3 is 2. The third-order valence-corrected chi connectivity index (χ3v) is 3.91. The Labute approximate surface area is 114 Å². The minimum Gasteiger partial charge on any atom is -0.496 e. The fourth-order valence-electron chi connectivity index (χ4n) is 2.58. The van der Waals surface area contributed by atoms with Crippen LogP contribution in [0.15, 0.2) is 18.2 Å². The van der Waals surface area contributed by atoms with Crippen LogP contribution in [-0.2, 0) is 0 Å². The summed E-state index contributed by atoms with van der Waals surface area (Å²) in [7, 11) is 3.16. The number of carbonyl (C=O) groups is 1. The molecule has 0 bridgehead atoms. The summed E-state index contributed by atoms with van der Waals surface area (Å²) in [6, 6.07) is 5.44. The van der Waals surface area contributed by atoms with E-state index in [-0.39, 0.29) is 11.2 Å². The van der Waals surface area contributed by atoms with Crippen molar-refractivity contribution in [2.75, 3.05) is 27.3 Å². The van der Waals surface area contributed by atoms with Gasteiger partial charge in [0.05, 0.1) is 14.2 Å². The molecule has 0 saturated carbocycles. The summed E-state index contributed by atoms with van der Waals surface area (Å²) in [5, 5.41) is 3.29. The number of Topliss-reactive ketones (excluding diaryl/α,β-unsaturated/α-hetero) is 1. The molecule has 2 rings (SSSR count). The van der Waals surface area contributed by atoms with Crippen molar-refractivity contribution < 1.29 is 14.3 Å². The SMILES string of the molecule is COc1cccc(OC)c1C(=O)C1(C)CCNCC1. The van der Waals surface area contributed by atoms with E-state index >= 15 is 0 Å². The maximum Gasteiger partial charge on any atom is 0.176 e. The molecule has 1 aromatic carbocycles. The average Bonchev–Trinajstić information content (AvgIpc) is 2.46. The largest absolute Gasteiger partial charge is 0.496 e. The predicted molar refractivity (Wildman–Crippen MR) is 74.1 cm³/mol. The average molecular weight is 263 g/mol. The number of ketones is 1. The molecule has 0 amide bonds. The molecule has 1 aliphatic rings. The lowest BCUT2D eigenvalue weighted by Gasteiger charge is -2.33. The fourth-order valence-corrected chi connectivity index (χ4v) is 2.58. The van der Waals surface area contributed by atoms with Crippen LogP contribution in [0.25, 0.3) is 0 Å². The summed E-state index contributed by atoms with van der Waals surface area (Å²) < 4.78 is 10.7. The number of hydrogen-bond donors (Lipinski definition) is 1. The Bertz CT molecular complexity index is 442. The molecule has 0 aromatic heterocycles. The van der Waals surface area contributed by atoms with Gasteiger partial charge in [0.1, 0.15) is 17.1 Å². The maximum atomic E-state index is 12.9. The van der Waals surface area contributed by atoms with Crippen molar-refractivity contribution in [2.24, 2.45) is 5.41 Å². The second-order valence-corrected chi connectivity index (χ2v) is 5.18. The zero-order valence-electron chi connectivity index (χ0n) is 11.8. The summed E-state index contributed by atoms with van der Waals surface area (Å²) in [6.07, 6.45) is 1.68. The van der Waals surface area contributed by atoms with Gasteiger partial charge in [-0.15, -0.1) is 0 Å². The van der Waals surface area contributed by atoms with E-state index in [1.165, 1.54) is 0 Å². The van der Waals surface area contributed by atoms with Crippen LogP contribution >= 0.6 is 0 Å². The van der Waals surface area contributed by atoms with Crippen LogP contribution in [0.2, 0.25) is 0 Å². The molecule has 4 nitrogen and oxygen atoms in total. The van der Waals surface area contributed by atoms with Gasteiger partial charge in [-0.3, -0.25) is 4.79 Å². The molecule has 0 unspecified atom stereocenters. The molecule has 1 aliphatic heterocycles. The van der Waals surface area contributed by atoms with Crippen LogP contribution in [0.3, 0.4) is 0 Å². The smallest absolute Gasteiger partial charge is 0.176 e. The van der Waals surface area contributed by atoms with E-state index in [1.807, 2.05) is 13.0 Å². The second-order valence-electron chi connectivity index (χ2n) is 5.18. The lowest BCUT2D eigenvalue weighted by Crippen LogP contribution is -2.40. The lowest BCUT2D eigenvalue weighted by molar-refractivity contribution is 0.0755. The molecule has 1 aromatic rings. The number of nitrogens with one attached hydrogen (secondary N) is 1. The van der Waals surface area contributed by atoms with E-state index in [0.29, 0.717) is 17.1 Å². The number of carbonyl (C=O) groups excluding carboxylic acids is 1. The molecule has 1 fully saturated rings. The van der Waals surface area contributed by atoms with E-state index < -0.39 is 0 Å². The number of piperidine rings is 1. The quantitative estimate of drug-likeness (QED) is 0.847. The van der Waals surface area contributed by atoms with E-state index in [1.54, 1.807) is 26.4 Å². The van der Waals surface area contributed by atoms with Crippen molar-refractivity contribution in [3.05, 3.63) is 23.8 Å². The highest BCUT2D eigenvalue weighted by Crippen LogP contribution is 2.38. The Morgan fingerprint density at radius 3 is 2.16 bits per heavy atom. The highest BCUT2D eigenvalue weighted by molar-refractivity contribution is 6.05. The predicted octanol–water partition coefficient (Wildman–Crippen LogP) is 2.28. The summed E-state index contributed by atoms with van der Waals surface area (Å²) in [5.74, 6) is 1.29. The van der Waals surface area contributed by atoms with E-state index in [0.717, 1.165) is 25.9 Å². The number of ether oxygens (including phenoxy) is 2. The molecule has 0 atom stereocenters. The molecule has 104 valence electrons. The normalized spacial score (nSPS) is 17.8. The molecule has 0 radical (unpaired) electrons. The van der Waals surface area contributed by atoms with Gasteiger partial charge in [-0.1, -0.05) is 13.0 Å². The number of rotatable bonds is 4. The van der Waals surface area contributed by atoms with Gasteiger partial charge >= 0.3 is 0 Å². The molecule has 1 N–H and O–H groups in total. The zero-order chi connectivity index (χ0) is 13.9. The summed E-state index contributed by atoms with van der Waals surface area (Å²) in [5.41, 5.74) is 0.226. The van der Waals surface area contributed by atoms with Crippen LogP contribution in [0.1, 0.15) is 30.1 Å². The van der Waals surface area contributed by atoms with Gasteiger partial charge < -0.3 is 14.8 Å². The molecule has 1 saturated heterocycles. The Morgan fingerprint density at radius 2 is 1.68 bits per heavy atom. The first kappa shape index (κ1) is 13.9. The third kappa shape index (κ3) is 2.59. The van der Waals surface area contributed by atoms with Crippen molar-refractivity contribution >= 4 is 5.78 Å². The molecule has 19 heavy (non-hydrogen) atoms. The van der Waals surface area contributed by atoms with Gasteiger partial charge in [-0.2, -0.15) is 0 Å². The van der Waals surface area contributed by atoms with E-state index in [4.69, 9.17) is 9.47 Å². The Kier molecular flexibility index (Phi) is 4.10. The summed E-state index contributed by atoms with van der Waals surface area (Å²) >= 11 is 0. The molecule has 1 heterocycles. The molecule has 0 aliphatic carbocycles. The number of hydrogen-bond acceptors (Lipinski definition) is 4. The number of benzene rings is 1. The highest BCUT2D eigenvalue weighted by Gasteiger charge is 2.37. The van der Waals surface area contributed by atoms with E-state index in [9.17, 15) is 4.79 Å².